The fraction of sp³-hybridized carbons (Fsp3) is 0.467. The molecule has 2 aromatic rings. The zero-order valence-corrected chi connectivity index (χ0v) is 12.6. The number of carbonyl (C=O) groups is 1. The minimum Gasteiger partial charge on any atom is -0.396 e. The van der Waals surface area contributed by atoms with Crippen LogP contribution in [0.1, 0.15) is 31.4 Å². The molecule has 0 saturated carbocycles. The van der Waals surface area contributed by atoms with Crippen molar-refractivity contribution in [2.24, 2.45) is 0 Å². The van der Waals surface area contributed by atoms with E-state index < -0.39 is 0 Å². The van der Waals surface area contributed by atoms with E-state index in [9.17, 15) is 4.79 Å². The first kappa shape index (κ1) is 14.3. The van der Waals surface area contributed by atoms with E-state index in [0.29, 0.717) is 6.42 Å². The molecule has 21 heavy (non-hydrogen) atoms. The van der Waals surface area contributed by atoms with Crippen molar-refractivity contribution in [2.45, 2.75) is 31.7 Å². The number of nitrogens with zero attached hydrogens (tertiary/aromatic N) is 3. The molecule has 0 aliphatic carbocycles. The summed E-state index contributed by atoms with van der Waals surface area (Å²) in [5, 5.41) is 11.1. The van der Waals surface area contributed by atoms with Crippen LogP contribution in [0.15, 0.2) is 23.8 Å². The fourth-order valence-electron chi connectivity index (χ4n) is 2.86. The summed E-state index contributed by atoms with van der Waals surface area (Å²) >= 11 is 1.57. The minimum atomic E-state index is 0.0262. The average Bonchev–Trinajstić information content (AvgIpc) is 3.09. The Kier molecular flexibility index (Phi) is 4.36. The molecule has 5 nitrogen and oxygen atoms in total. The van der Waals surface area contributed by atoms with Crippen LogP contribution in [-0.4, -0.2) is 44.5 Å². The first-order chi connectivity index (χ1) is 10.3. The lowest BCUT2D eigenvalue weighted by Crippen LogP contribution is -2.43. The van der Waals surface area contributed by atoms with Crippen molar-refractivity contribution in [1.29, 1.82) is 0 Å². The van der Waals surface area contributed by atoms with Crippen LogP contribution in [0.25, 0.3) is 11.0 Å². The topological polar surface area (TPSA) is 57.8 Å². The molecule has 1 aliphatic rings. The highest BCUT2D eigenvalue weighted by molar-refractivity contribution is 7.15. The van der Waals surface area contributed by atoms with Crippen molar-refractivity contribution in [3.63, 3.8) is 0 Å². The molecule has 2 aromatic heterocycles. The number of hydrogen-bond acceptors (Lipinski definition) is 4. The van der Waals surface area contributed by atoms with Crippen LogP contribution >= 0.6 is 11.3 Å². The second-order valence-corrected chi connectivity index (χ2v) is 6.14. The monoisotopic (exact) mass is 305 g/mol. The van der Waals surface area contributed by atoms with E-state index in [4.69, 9.17) is 5.11 Å². The smallest absolute Gasteiger partial charge is 0.246 e. The number of carbonyl (C=O) groups excluding carboxylic acids is 1. The molecule has 1 unspecified atom stereocenters. The van der Waals surface area contributed by atoms with E-state index in [-0.39, 0.29) is 18.6 Å². The molecule has 3 heterocycles. The molecular weight excluding hydrogens is 286 g/mol. The number of imidazole rings is 1. The largest absolute Gasteiger partial charge is 0.396 e. The van der Waals surface area contributed by atoms with E-state index in [0.717, 1.165) is 36.5 Å². The number of aliphatic hydroxyl groups excluding tert-OH is 1. The summed E-state index contributed by atoms with van der Waals surface area (Å²) in [5.41, 5.74) is 0.912. The number of aromatic nitrogens is 2. The number of likely N-dealkylation sites (tertiary alicyclic amines) is 1. The van der Waals surface area contributed by atoms with E-state index in [1.807, 2.05) is 27.0 Å². The second kappa shape index (κ2) is 6.41. The van der Waals surface area contributed by atoms with Crippen molar-refractivity contribution in [3.8, 4) is 0 Å². The number of fused-ring (bicyclic) bond motifs is 1. The van der Waals surface area contributed by atoms with Crippen LogP contribution in [-0.2, 0) is 4.79 Å². The van der Waals surface area contributed by atoms with Crippen LogP contribution in [0, 0.1) is 0 Å². The Morgan fingerprint density at radius 2 is 2.43 bits per heavy atom. The Labute approximate surface area is 127 Å². The quantitative estimate of drug-likeness (QED) is 0.881. The third-order valence-electron chi connectivity index (χ3n) is 3.94. The van der Waals surface area contributed by atoms with Gasteiger partial charge in [0.05, 0.1) is 11.9 Å². The molecule has 0 aromatic carbocycles. The molecular formula is C15H19N3O2S. The second-order valence-electron chi connectivity index (χ2n) is 5.27. The first-order valence-electron chi connectivity index (χ1n) is 7.29. The summed E-state index contributed by atoms with van der Waals surface area (Å²) in [7, 11) is 0. The molecule has 0 radical (unpaired) electrons. The van der Waals surface area contributed by atoms with Gasteiger partial charge in [-0.3, -0.25) is 9.20 Å². The molecule has 6 heteroatoms. The molecule has 1 amide bonds. The summed E-state index contributed by atoms with van der Waals surface area (Å²) in [6.45, 7) is 0.921. The van der Waals surface area contributed by atoms with Gasteiger partial charge in [-0.15, -0.1) is 11.3 Å². The summed E-state index contributed by atoms with van der Waals surface area (Å²) in [5.74, 6) is 0.0262. The van der Waals surface area contributed by atoms with E-state index in [2.05, 4.69) is 4.98 Å². The van der Waals surface area contributed by atoms with Gasteiger partial charge in [0.2, 0.25) is 5.91 Å². The maximum atomic E-state index is 12.4. The predicted octanol–water partition coefficient (Wildman–Crippen LogP) is 2.17. The molecule has 0 bridgehead atoms. The van der Waals surface area contributed by atoms with Gasteiger partial charge >= 0.3 is 0 Å². The van der Waals surface area contributed by atoms with Crippen LogP contribution in [0.3, 0.4) is 0 Å². The van der Waals surface area contributed by atoms with Gasteiger partial charge < -0.3 is 10.0 Å². The summed E-state index contributed by atoms with van der Waals surface area (Å²) in [6.07, 6.45) is 11.0. The van der Waals surface area contributed by atoms with Crippen LogP contribution < -0.4 is 0 Å². The maximum Gasteiger partial charge on any atom is 0.246 e. The Morgan fingerprint density at radius 1 is 1.52 bits per heavy atom. The molecule has 112 valence electrons. The normalized spacial score (nSPS) is 19.7. The van der Waals surface area contributed by atoms with Gasteiger partial charge in [-0.25, -0.2) is 4.98 Å². The number of piperidine rings is 1. The SMILES string of the molecule is O=C(/C=C/c1cnc2sccn12)N1CCCCC1CCO. The highest BCUT2D eigenvalue weighted by Gasteiger charge is 2.24. The Hall–Kier alpha value is -1.66. The fourth-order valence-corrected chi connectivity index (χ4v) is 3.56. The summed E-state index contributed by atoms with van der Waals surface area (Å²) < 4.78 is 1.97. The molecule has 1 aliphatic heterocycles. The molecule has 0 spiro atoms. The van der Waals surface area contributed by atoms with E-state index in [1.54, 1.807) is 23.6 Å². The highest BCUT2D eigenvalue weighted by atomic mass is 32.1. The molecule has 1 saturated heterocycles. The number of aliphatic hydroxyl groups is 1. The van der Waals surface area contributed by atoms with Gasteiger partial charge in [0.1, 0.15) is 0 Å². The van der Waals surface area contributed by atoms with Gasteiger partial charge in [-0.1, -0.05) is 0 Å². The van der Waals surface area contributed by atoms with Gasteiger partial charge in [0.25, 0.3) is 0 Å². The third kappa shape index (κ3) is 3.01. The molecule has 1 N–H and O–H groups in total. The van der Waals surface area contributed by atoms with Gasteiger partial charge in [0.15, 0.2) is 4.96 Å². The van der Waals surface area contributed by atoms with Crippen LogP contribution in [0.4, 0.5) is 0 Å². The molecule has 1 fully saturated rings. The van der Waals surface area contributed by atoms with Crippen molar-refractivity contribution in [3.05, 3.63) is 29.5 Å². The Bertz CT molecular complexity index is 644. The number of rotatable bonds is 4. The third-order valence-corrected chi connectivity index (χ3v) is 4.71. The Morgan fingerprint density at radius 3 is 3.29 bits per heavy atom. The molecule has 1 atom stereocenters. The highest BCUT2D eigenvalue weighted by Crippen LogP contribution is 2.20. The van der Waals surface area contributed by atoms with E-state index >= 15 is 0 Å². The van der Waals surface area contributed by atoms with Crippen molar-refractivity contribution in [2.75, 3.05) is 13.2 Å². The van der Waals surface area contributed by atoms with E-state index in [1.165, 1.54) is 0 Å². The number of hydrogen-bond donors (Lipinski definition) is 1. The van der Waals surface area contributed by atoms with Crippen molar-refractivity contribution in [1.82, 2.24) is 14.3 Å². The summed E-state index contributed by atoms with van der Waals surface area (Å²) in [6, 6.07) is 0.174. The standard InChI is InChI=1S/C15H19N3O2S/c19-9-6-12-3-1-2-7-17(12)14(20)5-4-13-11-16-15-18(13)8-10-21-15/h4-5,8,10-12,19H,1-3,6-7,9H2/b5-4+. The van der Waals surface area contributed by atoms with Gasteiger partial charge in [-0.05, 0) is 31.8 Å². The van der Waals surface area contributed by atoms with Gasteiger partial charge in [0, 0.05) is 36.8 Å². The Balaban J connectivity index is 1.72. The maximum absolute atomic E-state index is 12.4. The lowest BCUT2D eigenvalue weighted by molar-refractivity contribution is -0.129. The molecule has 3 rings (SSSR count). The average molecular weight is 305 g/mol. The summed E-state index contributed by atoms with van der Waals surface area (Å²) in [4.78, 5) is 19.5. The number of amides is 1. The zero-order valence-electron chi connectivity index (χ0n) is 11.8. The number of thiazole rings is 1. The van der Waals surface area contributed by atoms with Crippen molar-refractivity contribution < 1.29 is 9.90 Å². The lowest BCUT2D eigenvalue weighted by Gasteiger charge is -2.34. The van der Waals surface area contributed by atoms with Crippen LogP contribution in [0.5, 0.6) is 0 Å². The minimum absolute atomic E-state index is 0.0262. The predicted molar refractivity (Wildman–Crippen MR) is 83.2 cm³/mol. The first-order valence-corrected chi connectivity index (χ1v) is 8.17. The van der Waals surface area contributed by atoms with Crippen molar-refractivity contribution >= 4 is 28.3 Å². The van der Waals surface area contributed by atoms with Crippen LogP contribution in [0.2, 0.25) is 0 Å². The zero-order chi connectivity index (χ0) is 14.7. The van der Waals surface area contributed by atoms with Gasteiger partial charge in [-0.2, -0.15) is 0 Å². The lowest BCUT2D eigenvalue weighted by atomic mass is 9.99.